The van der Waals surface area contributed by atoms with Crippen LogP contribution >= 0.6 is 0 Å². The van der Waals surface area contributed by atoms with E-state index in [0.717, 1.165) is 50.8 Å². The summed E-state index contributed by atoms with van der Waals surface area (Å²) in [5.74, 6) is -0.140. The summed E-state index contributed by atoms with van der Waals surface area (Å²) in [5, 5.41) is 14.5. The van der Waals surface area contributed by atoms with Crippen LogP contribution in [0.4, 0.5) is 4.39 Å². The van der Waals surface area contributed by atoms with Crippen LogP contribution in [0.3, 0.4) is 0 Å². The number of pyridine rings is 1. The average molecular weight is 530 g/mol. The van der Waals surface area contributed by atoms with Gasteiger partial charge in [0, 0.05) is 60.3 Å². The lowest BCUT2D eigenvalue weighted by Gasteiger charge is -2.27. The Kier molecular flexibility index (Phi) is 6.86. The fourth-order valence-corrected chi connectivity index (χ4v) is 5.37. The number of likely N-dealkylation sites (tertiary alicyclic amines) is 1. The highest BCUT2D eigenvalue weighted by Gasteiger charge is 2.31. The quantitative estimate of drug-likeness (QED) is 0.331. The van der Waals surface area contributed by atoms with Gasteiger partial charge in [-0.2, -0.15) is 5.10 Å². The third-order valence-corrected chi connectivity index (χ3v) is 7.82. The van der Waals surface area contributed by atoms with Crippen LogP contribution < -0.4 is 0 Å². The number of benzene rings is 1. The summed E-state index contributed by atoms with van der Waals surface area (Å²) in [7, 11) is 1.41. The lowest BCUT2D eigenvalue weighted by molar-refractivity contribution is -0.0771. The normalized spacial score (nSPS) is 18.8. The van der Waals surface area contributed by atoms with Crippen molar-refractivity contribution in [2.75, 3.05) is 13.7 Å². The van der Waals surface area contributed by atoms with Gasteiger partial charge in [-0.15, -0.1) is 0 Å². The number of amides is 1. The summed E-state index contributed by atoms with van der Waals surface area (Å²) in [5.41, 5.74) is 4.47. The molecular formula is C30H32FN5O3. The average Bonchev–Trinajstić information content (AvgIpc) is 3.75. The predicted octanol–water partition coefficient (Wildman–Crippen LogP) is 5.52. The molecule has 3 aromatic heterocycles. The number of fused-ring (bicyclic) bond motifs is 1. The van der Waals surface area contributed by atoms with E-state index in [9.17, 15) is 9.90 Å². The highest BCUT2D eigenvalue weighted by Crippen LogP contribution is 2.41. The topological polar surface area (TPSA) is 92.9 Å². The van der Waals surface area contributed by atoms with E-state index in [1.54, 1.807) is 34.8 Å². The Morgan fingerprint density at radius 3 is 2.64 bits per heavy atom. The Balaban J connectivity index is 1.33. The number of nitrogens with zero attached hydrogens (tertiary/aromatic N) is 5. The number of ether oxygens (including phenoxy) is 1. The minimum absolute atomic E-state index is 0.0383. The molecule has 4 heterocycles. The predicted molar refractivity (Wildman–Crippen MR) is 145 cm³/mol. The number of halogens is 1. The minimum Gasteiger partial charge on any atom is -0.364 e. The van der Waals surface area contributed by atoms with Crippen LogP contribution in [0.5, 0.6) is 0 Å². The van der Waals surface area contributed by atoms with E-state index < -0.39 is 12.1 Å². The number of hydrogen-bond donors (Lipinski definition) is 1. The van der Waals surface area contributed by atoms with Crippen LogP contribution in [-0.4, -0.2) is 55.2 Å². The van der Waals surface area contributed by atoms with Crippen molar-refractivity contribution in [2.24, 2.45) is 0 Å². The number of aliphatic hydroxyl groups excluding tert-OH is 1. The third kappa shape index (κ3) is 5.04. The molecule has 6 rings (SSSR count). The Hall–Kier alpha value is -3.69. The highest BCUT2D eigenvalue weighted by molar-refractivity contribution is 5.93. The molecule has 1 aromatic carbocycles. The molecule has 1 aliphatic carbocycles. The summed E-state index contributed by atoms with van der Waals surface area (Å²) in [6.45, 7) is 2.86. The highest BCUT2D eigenvalue weighted by atomic mass is 19.1. The number of rotatable bonds is 6. The van der Waals surface area contributed by atoms with Crippen LogP contribution in [0.1, 0.15) is 79.4 Å². The summed E-state index contributed by atoms with van der Waals surface area (Å²) >= 11 is 0. The van der Waals surface area contributed by atoms with Gasteiger partial charge in [0.05, 0.1) is 11.4 Å². The molecule has 2 atom stereocenters. The maximum atomic E-state index is 15.4. The van der Waals surface area contributed by atoms with Crippen LogP contribution in [0.15, 0.2) is 48.7 Å². The van der Waals surface area contributed by atoms with Crippen LogP contribution in [-0.2, 0) is 4.74 Å². The molecule has 1 aliphatic heterocycles. The van der Waals surface area contributed by atoms with E-state index >= 15 is 4.39 Å². The molecule has 1 N–H and O–H groups in total. The zero-order chi connectivity index (χ0) is 27.1. The molecule has 202 valence electrons. The van der Waals surface area contributed by atoms with E-state index in [2.05, 4.69) is 11.9 Å². The van der Waals surface area contributed by atoms with Crippen molar-refractivity contribution in [2.45, 2.75) is 63.7 Å². The molecule has 39 heavy (non-hydrogen) atoms. The van der Waals surface area contributed by atoms with Crippen molar-refractivity contribution in [3.8, 4) is 22.5 Å². The Bertz CT molecular complexity index is 1520. The zero-order valence-electron chi connectivity index (χ0n) is 22.2. The first-order chi connectivity index (χ1) is 18.9. The molecule has 0 bridgehead atoms. The summed E-state index contributed by atoms with van der Waals surface area (Å²) < 4.78 is 22.1. The fourth-order valence-electron chi connectivity index (χ4n) is 5.37. The molecule has 1 amide bonds. The lowest BCUT2D eigenvalue weighted by atomic mass is 10.1. The third-order valence-electron chi connectivity index (χ3n) is 7.82. The fraction of sp³-hybridized carbons (Fsp3) is 0.400. The molecule has 2 fully saturated rings. The monoisotopic (exact) mass is 529 g/mol. The first kappa shape index (κ1) is 25.6. The molecule has 0 spiro atoms. The number of carbonyl (C=O) groups excluding carboxylic acids is 1. The lowest BCUT2D eigenvalue weighted by Crippen LogP contribution is -2.38. The molecule has 9 heteroatoms. The second kappa shape index (κ2) is 10.5. The summed E-state index contributed by atoms with van der Waals surface area (Å²) in [6, 6.07) is 12.1. The van der Waals surface area contributed by atoms with E-state index in [-0.39, 0.29) is 11.9 Å². The molecule has 1 saturated carbocycles. The maximum absolute atomic E-state index is 15.4. The van der Waals surface area contributed by atoms with Gasteiger partial charge in [0.25, 0.3) is 5.91 Å². The van der Waals surface area contributed by atoms with Gasteiger partial charge in [-0.3, -0.25) is 9.78 Å². The van der Waals surface area contributed by atoms with Crippen molar-refractivity contribution in [3.05, 3.63) is 71.4 Å². The SMILES string of the molecule is COC(O)c1ccc(-c2ccc(-c3cc4nc(C(=O)N5CCCCC[C@H]5C)cc(C5CC5)n4n3)c(F)c2)nc1. The second-order valence-electron chi connectivity index (χ2n) is 10.6. The first-order valence-corrected chi connectivity index (χ1v) is 13.6. The van der Waals surface area contributed by atoms with E-state index in [1.807, 2.05) is 11.0 Å². The van der Waals surface area contributed by atoms with Crippen LogP contribution in [0.25, 0.3) is 28.2 Å². The van der Waals surface area contributed by atoms with E-state index in [4.69, 9.17) is 14.8 Å². The number of aromatic nitrogens is 4. The molecular weight excluding hydrogens is 497 g/mol. The van der Waals surface area contributed by atoms with Crippen molar-refractivity contribution in [3.63, 3.8) is 0 Å². The second-order valence-corrected chi connectivity index (χ2v) is 10.6. The molecule has 8 nitrogen and oxygen atoms in total. The summed E-state index contributed by atoms with van der Waals surface area (Å²) in [6.07, 6.45) is 6.82. The van der Waals surface area contributed by atoms with Gasteiger partial charge < -0.3 is 14.7 Å². The van der Waals surface area contributed by atoms with Gasteiger partial charge in [-0.1, -0.05) is 25.0 Å². The molecule has 0 radical (unpaired) electrons. The zero-order valence-corrected chi connectivity index (χ0v) is 22.2. The van der Waals surface area contributed by atoms with Gasteiger partial charge in [-0.05, 0) is 56.9 Å². The van der Waals surface area contributed by atoms with Crippen molar-refractivity contribution in [1.82, 2.24) is 24.5 Å². The van der Waals surface area contributed by atoms with Crippen molar-refractivity contribution in [1.29, 1.82) is 0 Å². The molecule has 1 unspecified atom stereocenters. The Morgan fingerprint density at radius 2 is 1.92 bits per heavy atom. The maximum Gasteiger partial charge on any atom is 0.272 e. The standard InChI is InChI=1S/C30H32FN5O3/c1-18-6-4-3-5-13-35(18)29(37)26-15-27(19-7-8-19)36-28(33-26)16-25(34-36)22-11-9-20(14-23(22)31)24-12-10-21(17-32-24)30(38)39-2/h9-12,14-19,30,38H,3-8,13H2,1-2H3/t18-,30?/m1/s1. The van der Waals surface area contributed by atoms with E-state index in [0.29, 0.717) is 45.3 Å². The molecule has 1 saturated heterocycles. The number of aliphatic hydroxyl groups is 1. The van der Waals surface area contributed by atoms with Crippen molar-refractivity contribution < 1.29 is 19.0 Å². The smallest absolute Gasteiger partial charge is 0.272 e. The summed E-state index contributed by atoms with van der Waals surface area (Å²) in [4.78, 5) is 24.5. The van der Waals surface area contributed by atoms with Crippen LogP contribution in [0, 0.1) is 5.82 Å². The number of methoxy groups -OCH3 is 1. The van der Waals surface area contributed by atoms with Gasteiger partial charge >= 0.3 is 0 Å². The van der Waals surface area contributed by atoms with Gasteiger partial charge in [0.15, 0.2) is 11.9 Å². The minimum atomic E-state index is -1.06. The first-order valence-electron chi connectivity index (χ1n) is 13.6. The largest absolute Gasteiger partial charge is 0.364 e. The Morgan fingerprint density at radius 1 is 1.08 bits per heavy atom. The van der Waals surface area contributed by atoms with Gasteiger partial charge in [0.1, 0.15) is 11.5 Å². The molecule has 2 aliphatic rings. The van der Waals surface area contributed by atoms with Gasteiger partial charge in [0.2, 0.25) is 0 Å². The van der Waals surface area contributed by atoms with E-state index in [1.165, 1.54) is 19.4 Å². The van der Waals surface area contributed by atoms with Gasteiger partial charge in [-0.25, -0.2) is 13.9 Å². The number of hydrogen-bond acceptors (Lipinski definition) is 6. The molecule has 4 aromatic rings. The van der Waals surface area contributed by atoms with Crippen molar-refractivity contribution >= 4 is 11.6 Å². The number of carbonyl (C=O) groups is 1. The Labute approximate surface area is 226 Å². The van der Waals surface area contributed by atoms with Crippen LogP contribution in [0.2, 0.25) is 0 Å².